The van der Waals surface area contributed by atoms with E-state index in [9.17, 15) is 0 Å². The second kappa shape index (κ2) is 2.76. The summed E-state index contributed by atoms with van der Waals surface area (Å²) in [5, 5.41) is 0. The minimum atomic E-state index is 0.403. The van der Waals surface area contributed by atoms with Gasteiger partial charge in [0.25, 0.3) is 0 Å². The van der Waals surface area contributed by atoms with Crippen LogP contribution in [0, 0.1) is 0 Å². The van der Waals surface area contributed by atoms with Gasteiger partial charge in [-0.15, -0.1) is 0 Å². The molecule has 0 fully saturated rings. The van der Waals surface area contributed by atoms with Crippen LogP contribution in [-0.2, 0) is 0 Å². The third kappa shape index (κ3) is 1.63. The van der Waals surface area contributed by atoms with Gasteiger partial charge in [-0.2, -0.15) is 0 Å². The largest absolute Gasteiger partial charge is 0.286 e. The summed E-state index contributed by atoms with van der Waals surface area (Å²) in [6, 6.07) is 0.403. The Morgan fingerprint density at radius 1 is 1.78 bits per heavy atom. The molecule has 0 bridgehead atoms. The van der Waals surface area contributed by atoms with Gasteiger partial charge >= 0.3 is 0 Å². The van der Waals surface area contributed by atoms with Crippen molar-refractivity contribution in [3.8, 4) is 0 Å². The molecule has 0 radical (unpaired) electrons. The minimum Gasteiger partial charge on any atom is -0.286 e. The fourth-order valence-corrected chi connectivity index (χ4v) is 0.754. The maximum atomic E-state index is 4.30. The molecule has 0 N–H and O–H groups in total. The minimum absolute atomic E-state index is 0.403. The zero-order chi connectivity index (χ0) is 6.69. The molecule has 1 heterocycles. The molecule has 0 saturated heterocycles. The first-order chi connectivity index (χ1) is 4.33. The van der Waals surface area contributed by atoms with Crippen molar-refractivity contribution >= 4 is 11.9 Å². The van der Waals surface area contributed by atoms with Crippen LogP contribution in [0.5, 0.6) is 0 Å². The Bertz CT molecular complexity index is 147. The van der Waals surface area contributed by atoms with Crippen LogP contribution < -0.4 is 0 Å². The van der Waals surface area contributed by atoms with Gasteiger partial charge in [0, 0.05) is 6.21 Å². The van der Waals surface area contributed by atoms with Gasteiger partial charge in [0.05, 0.1) is 18.3 Å². The third-order valence-electron chi connectivity index (χ3n) is 1.40. The van der Waals surface area contributed by atoms with E-state index in [1.165, 1.54) is 0 Å². The van der Waals surface area contributed by atoms with E-state index in [0.717, 1.165) is 18.7 Å². The van der Waals surface area contributed by atoms with Crippen molar-refractivity contribution in [2.75, 3.05) is 6.54 Å². The first-order valence-corrected chi connectivity index (χ1v) is 3.39. The number of rotatable bonds is 1. The maximum Gasteiger partial charge on any atom is 0.0667 e. The highest BCUT2D eigenvalue weighted by Crippen LogP contribution is 1.97. The summed E-state index contributed by atoms with van der Waals surface area (Å²) in [5.41, 5.74) is 1.13. The molecule has 0 aliphatic carbocycles. The molecule has 1 aliphatic heterocycles. The molecule has 1 rings (SSSR count). The van der Waals surface area contributed by atoms with Gasteiger partial charge < -0.3 is 0 Å². The summed E-state index contributed by atoms with van der Waals surface area (Å²) in [7, 11) is 0. The summed E-state index contributed by atoms with van der Waals surface area (Å²) in [6.45, 7) is 5.05. The summed E-state index contributed by atoms with van der Waals surface area (Å²) in [5.74, 6) is 0. The molecular formula is C7H12N2. The zero-order valence-electron chi connectivity index (χ0n) is 5.96. The lowest BCUT2D eigenvalue weighted by Crippen LogP contribution is -2.14. The molecule has 2 heteroatoms. The Kier molecular flexibility index (Phi) is 1.98. The van der Waals surface area contributed by atoms with E-state index in [0.29, 0.717) is 6.04 Å². The van der Waals surface area contributed by atoms with Crippen molar-refractivity contribution < 1.29 is 0 Å². The molecule has 0 spiro atoms. The lowest BCUT2D eigenvalue weighted by molar-refractivity contribution is 0.751. The standard InChI is InChI=1S/C7H12N2/c1-3-7-5-8-6(2)4-9-7/h5-6H,3-4H2,1-2H3. The van der Waals surface area contributed by atoms with Crippen molar-refractivity contribution in [3.63, 3.8) is 0 Å². The molecule has 2 nitrogen and oxygen atoms in total. The molecule has 0 aromatic rings. The third-order valence-corrected chi connectivity index (χ3v) is 1.40. The van der Waals surface area contributed by atoms with Crippen LogP contribution in [0.2, 0.25) is 0 Å². The van der Waals surface area contributed by atoms with Gasteiger partial charge in [-0.1, -0.05) is 6.92 Å². The molecule has 0 aromatic heterocycles. The van der Waals surface area contributed by atoms with Crippen LogP contribution in [0.1, 0.15) is 20.3 Å². The van der Waals surface area contributed by atoms with E-state index in [1.807, 2.05) is 6.21 Å². The smallest absolute Gasteiger partial charge is 0.0667 e. The summed E-state index contributed by atoms with van der Waals surface area (Å²) in [4.78, 5) is 8.52. The van der Waals surface area contributed by atoms with Crippen molar-refractivity contribution in [3.05, 3.63) is 0 Å². The summed E-state index contributed by atoms with van der Waals surface area (Å²) >= 11 is 0. The molecule has 1 aliphatic rings. The molecule has 1 unspecified atom stereocenters. The van der Waals surface area contributed by atoms with Crippen molar-refractivity contribution in [2.45, 2.75) is 26.3 Å². The first kappa shape index (κ1) is 6.46. The molecule has 9 heavy (non-hydrogen) atoms. The highest BCUT2D eigenvalue weighted by molar-refractivity contribution is 6.30. The molecule has 50 valence electrons. The Hall–Kier alpha value is -0.660. The second-order valence-electron chi connectivity index (χ2n) is 2.31. The van der Waals surface area contributed by atoms with Crippen LogP contribution in [-0.4, -0.2) is 24.5 Å². The quantitative estimate of drug-likeness (QED) is 0.503. The van der Waals surface area contributed by atoms with Gasteiger partial charge in [-0.05, 0) is 13.3 Å². The Labute approximate surface area is 55.7 Å². The maximum absolute atomic E-state index is 4.30. The molecule has 0 saturated carbocycles. The van der Waals surface area contributed by atoms with Gasteiger partial charge in [0.15, 0.2) is 0 Å². The number of hydrogen-bond donors (Lipinski definition) is 0. The van der Waals surface area contributed by atoms with E-state index in [2.05, 4.69) is 23.8 Å². The van der Waals surface area contributed by atoms with Crippen molar-refractivity contribution in [1.29, 1.82) is 0 Å². The molecule has 1 atom stereocenters. The monoisotopic (exact) mass is 124 g/mol. The fraction of sp³-hybridized carbons (Fsp3) is 0.714. The van der Waals surface area contributed by atoms with E-state index in [4.69, 9.17) is 0 Å². The van der Waals surface area contributed by atoms with E-state index >= 15 is 0 Å². The van der Waals surface area contributed by atoms with Gasteiger partial charge in [-0.25, -0.2) is 0 Å². The second-order valence-corrected chi connectivity index (χ2v) is 2.31. The SMILES string of the molecule is CCC1=NCC(C)N=C1. The van der Waals surface area contributed by atoms with Crippen molar-refractivity contribution in [1.82, 2.24) is 0 Å². The van der Waals surface area contributed by atoms with Crippen molar-refractivity contribution in [2.24, 2.45) is 9.98 Å². The predicted octanol–water partition coefficient (Wildman–Crippen LogP) is 1.31. The zero-order valence-corrected chi connectivity index (χ0v) is 5.96. The van der Waals surface area contributed by atoms with Crippen LogP contribution in [0.15, 0.2) is 9.98 Å². The molecule has 0 aromatic carbocycles. The Balaban J connectivity index is 2.52. The first-order valence-electron chi connectivity index (χ1n) is 3.39. The van der Waals surface area contributed by atoms with E-state index < -0.39 is 0 Å². The van der Waals surface area contributed by atoms with Gasteiger partial charge in [-0.3, -0.25) is 9.98 Å². The normalized spacial score (nSPS) is 26.0. The van der Waals surface area contributed by atoms with Crippen LogP contribution in [0.3, 0.4) is 0 Å². The van der Waals surface area contributed by atoms with E-state index in [-0.39, 0.29) is 0 Å². The average Bonchev–Trinajstić information content (AvgIpc) is 1.90. The summed E-state index contributed by atoms with van der Waals surface area (Å²) in [6.07, 6.45) is 2.89. The average molecular weight is 124 g/mol. The topological polar surface area (TPSA) is 24.7 Å². The predicted molar refractivity (Wildman–Crippen MR) is 40.5 cm³/mol. The van der Waals surface area contributed by atoms with Crippen LogP contribution >= 0.6 is 0 Å². The lowest BCUT2D eigenvalue weighted by atomic mass is 10.2. The van der Waals surface area contributed by atoms with Gasteiger partial charge in [0.1, 0.15) is 0 Å². The number of hydrogen-bond acceptors (Lipinski definition) is 2. The highest BCUT2D eigenvalue weighted by atomic mass is 14.9. The van der Waals surface area contributed by atoms with E-state index in [1.54, 1.807) is 0 Å². The van der Waals surface area contributed by atoms with Crippen LogP contribution in [0.25, 0.3) is 0 Å². The Morgan fingerprint density at radius 3 is 3.00 bits per heavy atom. The fourth-order valence-electron chi connectivity index (χ4n) is 0.754. The summed E-state index contributed by atoms with van der Waals surface area (Å²) < 4.78 is 0. The Morgan fingerprint density at radius 2 is 2.56 bits per heavy atom. The molecular weight excluding hydrogens is 112 g/mol. The lowest BCUT2D eigenvalue weighted by Gasteiger charge is -2.08. The van der Waals surface area contributed by atoms with Gasteiger partial charge in [0.2, 0.25) is 0 Å². The number of nitrogens with zero attached hydrogens (tertiary/aromatic N) is 2. The number of aliphatic imine (C=N–C) groups is 2. The highest BCUT2D eigenvalue weighted by Gasteiger charge is 2.02. The van der Waals surface area contributed by atoms with Crippen LogP contribution in [0.4, 0.5) is 0 Å². The molecule has 0 amide bonds.